The zero-order valence-electron chi connectivity index (χ0n) is 22.5. The zero-order valence-corrected chi connectivity index (χ0v) is 22.5. The summed E-state index contributed by atoms with van der Waals surface area (Å²) < 4.78 is 27.8. The Morgan fingerprint density at radius 1 is 0.722 bits per heavy atom. The highest BCUT2D eigenvalue weighted by Crippen LogP contribution is 2.40. The lowest BCUT2D eigenvalue weighted by molar-refractivity contribution is 0.284. The van der Waals surface area contributed by atoms with Crippen LogP contribution in [0.4, 0.5) is 0 Å². The Labute approximate surface area is 216 Å². The fraction of sp³-hybridized carbons (Fsp3) is 0.500. The van der Waals surface area contributed by atoms with E-state index in [4.69, 9.17) is 23.7 Å². The van der Waals surface area contributed by atoms with E-state index in [1.807, 2.05) is 18.2 Å². The molecule has 0 aliphatic rings. The Kier molecular flexibility index (Phi) is 13.1. The van der Waals surface area contributed by atoms with Gasteiger partial charge < -0.3 is 23.7 Å². The van der Waals surface area contributed by atoms with Gasteiger partial charge in [-0.25, -0.2) is 0 Å². The predicted molar refractivity (Wildman–Crippen MR) is 145 cm³/mol. The molecular formula is C30H41NO5. The summed E-state index contributed by atoms with van der Waals surface area (Å²) in [7, 11) is 6.27. The Hall–Kier alpha value is -3.33. The highest BCUT2D eigenvalue weighted by atomic mass is 16.5. The van der Waals surface area contributed by atoms with E-state index in [0.717, 1.165) is 12.0 Å². The van der Waals surface area contributed by atoms with Crippen LogP contribution in [0.15, 0.2) is 30.3 Å². The first-order valence-electron chi connectivity index (χ1n) is 12.8. The fourth-order valence-electron chi connectivity index (χ4n) is 4.07. The number of hydrogen-bond acceptors (Lipinski definition) is 6. The van der Waals surface area contributed by atoms with E-state index in [1.165, 1.54) is 51.4 Å². The molecule has 0 spiro atoms. The summed E-state index contributed by atoms with van der Waals surface area (Å²) >= 11 is 0. The molecule has 0 heterocycles. The van der Waals surface area contributed by atoms with Crippen molar-refractivity contribution in [1.82, 2.24) is 0 Å². The van der Waals surface area contributed by atoms with Crippen LogP contribution in [-0.2, 0) is 0 Å². The number of nitriles is 1. The molecule has 0 radical (unpaired) electrons. The molecule has 0 aromatic heterocycles. The normalized spacial score (nSPS) is 11.1. The van der Waals surface area contributed by atoms with E-state index in [1.54, 1.807) is 46.6 Å². The standard InChI is InChI=1S/C30H41NO5/c1-6-7-8-9-10-11-12-13-14-17-36-26-16-15-23(19-27(26)32-2)18-25(22-31)24-20-28(33-3)30(35-5)29(21-24)34-4/h15-16,18-21H,6-14,17H2,1-5H3. The Balaban J connectivity index is 2.02. The van der Waals surface area contributed by atoms with Gasteiger partial charge in [-0.2, -0.15) is 5.26 Å². The van der Waals surface area contributed by atoms with Crippen LogP contribution >= 0.6 is 0 Å². The van der Waals surface area contributed by atoms with Crippen LogP contribution in [0.25, 0.3) is 11.6 Å². The van der Waals surface area contributed by atoms with Gasteiger partial charge in [0.2, 0.25) is 5.75 Å². The summed E-state index contributed by atoms with van der Waals surface area (Å²) in [5.74, 6) is 2.81. The molecule has 6 heteroatoms. The van der Waals surface area contributed by atoms with Gasteiger partial charge in [-0.15, -0.1) is 0 Å². The van der Waals surface area contributed by atoms with Crippen LogP contribution in [0.3, 0.4) is 0 Å². The van der Waals surface area contributed by atoms with Gasteiger partial charge in [0.25, 0.3) is 0 Å². The summed E-state index contributed by atoms with van der Waals surface area (Å²) in [6.45, 7) is 2.91. The average Bonchev–Trinajstić information content (AvgIpc) is 2.92. The molecule has 0 saturated carbocycles. The number of unbranched alkanes of at least 4 members (excludes halogenated alkanes) is 8. The first kappa shape index (κ1) is 28.9. The van der Waals surface area contributed by atoms with E-state index < -0.39 is 0 Å². The molecule has 6 nitrogen and oxygen atoms in total. The van der Waals surface area contributed by atoms with Crippen molar-refractivity contribution in [2.45, 2.75) is 64.7 Å². The van der Waals surface area contributed by atoms with Crippen molar-refractivity contribution in [3.8, 4) is 34.8 Å². The molecule has 0 saturated heterocycles. The van der Waals surface area contributed by atoms with Crippen molar-refractivity contribution in [3.63, 3.8) is 0 Å². The molecule has 0 aliphatic heterocycles. The molecule has 0 N–H and O–H groups in total. The van der Waals surface area contributed by atoms with Crippen molar-refractivity contribution in [2.75, 3.05) is 35.0 Å². The Morgan fingerprint density at radius 3 is 1.83 bits per heavy atom. The zero-order chi connectivity index (χ0) is 26.2. The van der Waals surface area contributed by atoms with Crippen molar-refractivity contribution in [1.29, 1.82) is 5.26 Å². The van der Waals surface area contributed by atoms with Gasteiger partial charge in [0.15, 0.2) is 23.0 Å². The molecule has 196 valence electrons. The third-order valence-electron chi connectivity index (χ3n) is 6.10. The summed E-state index contributed by atoms with van der Waals surface area (Å²) in [5.41, 5.74) is 1.95. The number of hydrogen-bond donors (Lipinski definition) is 0. The third-order valence-corrected chi connectivity index (χ3v) is 6.10. The molecule has 0 bridgehead atoms. The van der Waals surface area contributed by atoms with Crippen LogP contribution in [0.1, 0.15) is 75.8 Å². The maximum Gasteiger partial charge on any atom is 0.203 e. The summed E-state index contributed by atoms with van der Waals surface area (Å²) in [4.78, 5) is 0. The maximum absolute atomic E-state index is 9.85. The molecule has 0 atom stereocenters. The van der Waals surface area contributed by atoms with Crippen LogP contribution in [0.5, 0.6) is 28.7 Å². The molecular weight excluding hydrogens is 454 g/mol. The average molecular weight is 496 g/mol. The van der Waals surface area contributed by atoms with E-state index in [-0.39, 0.29) is 0 Å². The van der Waals surface area contributed by atoms with E-state index >= 15 is 0 Å². The quantitative estimate of drug-likeness (QED) is 0.127. The molecule has 0 amide bonds. The number of allylic oxidation sites excluding steroid dienone is 1. The molecule has 0 fully saturated rings. The summed E-state index contributed by atoms with van der Waals surface area (Å²) in [6, 6.07) is 11.5. The summed E-state index contributed by atoms with van der Waals surface area (Å²) in [5, 5.41) is 9.85. The molecule has 36 heavy (non-hydrogen) atoms. The number of nitrogens with zero attached hydrogens (tertiary/aromatic N) is 1. The highest BCUT2D eigenvalue weighted by Gasteiger charge is 2.15. The van der Waals surface area contributed by atoms with Gasteiger partial charge in [0.1, 0.15) is 0 Å². The maximum atomic E-state index is 9.85. The minimum atomic E-state index is 0.458. The minimum Gasteiger partial charge on any atom is -0.493 e. The lowest BCUT2D eigenvalue weighted by Gasteiger charge is -2.14. The van der Waals surface area contributed by atoms with E-state index in [9.17, 15) is 5.26 Å². The van der Waals surface area contributed by atoms with Gasteiger partial charge in [-0.1, -0.05) is 64.4 Å². The van der Waals surface area contributed by atoms with Gasteiger partial charge in [0, 0.05) is 0 Å². The SMILES string of the molecule is CCCCCCCCCCCOc1ccc(C=C(C#N)c2cc(OC)c(OC)c(OC)c2)cc1OC. The molecule has 0 aliphatic carbocycles. The highest BCUT2D eigenvalue weighted by molar-refractivity contribution is 5.91. The van der Waals surface area contributed by atoms with E-state index in [0.29, 0.717) is 46.5 Å². The van der Waals surface area contributed by atoms with Crippen molar-refractivity contribution >= 4 is 11.6 Å². The van der Waals surface area contributed by atoms with Crippen LogP contribution in [-0.4, -0.2) is 35.0 Å². The number of rotatable bonds is 17. The topological polar surface area (TPSA) is 69.9 Å². The second kappa shape index (κ2) is 16.4. The second-order valence-corrected chi connectivity index (χ2v) is 8.67. The molecule has 0 unspecified atom stereocenters. The monoisotopic (exact) mass is 495 g/mol. The lowest BCUT2D eigenvalue weighted by atomic mass is 10.0. The lowest BCUT2D eigenvalue weighted by Crippen LogP contribution is -2.00. The van der Waals surface area contributed by atoms with Crippen LogP contribution < -0.4 is 23.7 Å². The molecule has 2 aromatic rings. The Bertz CT molecular complexity index is 984. The van der Waals surface area contributed by atoms with Crippen LogP contribution in [0.2, 0.25) is 0 Å². The number of benzene rings is 2. The first-order valence-corrected chi connectivity index (χ1v) is 12.8. The summed E-state index contributed by atoms with van der Waals surface area (Å²) in [6.07, 6.45) is 13.3. The third kappa shape index (κ3) is 8.71. The van der Waals surface area contributed by atoms with Gasteiger partial charge in [-0.05, 0) is 47.9 Å². The smallest absolute Gasteiger partial charge is 0.203 e. The van der Waals surface area contributed by atoms with Gasteiger partial charge in [0.05, 0.1) is 46.7 Å². The minimum absolute atomic E-state index is 0.458. The molecule has 2 aromatic carbocycles. The predicted octanol–water partition coefficient (Wildman–Crippen LogP) is 7.69. The van der Waals surface area contributed by atoms with Gasteiger partial charge >= 0.3 is 0 Å². The largest absolute Gasteiger partial charge is 0.493 e. The van der Waals surface area contributed by atoms with Gasteiger partial charge in [-0.3, -0.25) is 0 Å². The van der Waals surface area contributed by atoms with E-state index in [2.05, 4.69) is 13.0 Å². The second-order valence-electron chi connectivity index (χ2n) is 8.67. The Morgan fingerprint density at radius 2 is 1.31 bits per heavy atom. The van der Waals surface area contributed by atoms with Crippen molar-refractivity contribution in [3.05, 3.63) is 41.5 Å². The first-order chi connectivity index (χ1) is 17.6. The van der Waals surface area contributed by atoms with Crippen LogP contribution in [0, 0.1) is 11.3 Å². The van der Waals surface area contributed by atoms with Crippen molar-refractivity contribution < 1.29 is 23.7 Å². The number of methoxy groups -OCH3 is 4. The fourth-order valence-corrected chi connectivity index (χ4v) is 4.07. The number of ether oxygens (including phenoxy) is 5. The van der Waals surface area contributed by atoms with Crippen molar-refractivity contribution in [2.24, 2.45) is 0 Å². The molecule has 2 rings (SSSR count).